The first kappa shape index (κ1) is 15.8. The zero-order valence-corrected chi connectivity index (χ0v) is 13.2. The Hall–Kier alpha value is -1.58. The molecule has 3 nitrogen and oxygen atoms in total. The van der Waals surface area contributed by atoms with Crippen molar-refractivity contribution in [3.63, 3.8) is 0 Å². The van der Waals surface area contributed by atoms with Crippen LogP contribution in [-0.2, 0) is 6.42 Å². The van der Waals surface area contributed by atoms with Crippen molar-refractivity contribution >= 4 is 11.6 Å². The van der Waals surface area contributed by atoms with Gasteiger partial charge in [-0.05, 0) is 48.7 Å². The molecule has 1 aromatic carbocycles. The molecule has 112 valence electrons. The molecule has 21 heavy (non-hydrogen) atoms. The van der Waals surface area contributed by atoms with Crippen LogP contribution in [0.15, 0.2) is 42.7 Å². The Morgan fingerprint density at radius 2 is 2.00 bits per heavy atom. The highest BCUT2D eigenvalue weighted by atomic mass is 35.5. The molecule has 2 aromatic rings. The van der Waals surface area contributed by atoms with E-state index in [1.807, 2.05) is 18.2 Å². The fourth-order valence-electron chi connectivity index (χ4n) is 2.25. The summed E-state index contributed by atoms with van der Waals surface area (Å²) in [5.41, 5.74) is 2.34. The SMILES string of the molecule is CCCNC(Cc1ccncc1Cl)c1ccc(OC)cc1. The molecule has 0 saturated carbocycles. The first-order valence-corrected chi connectivity index (χ1v) is 7.58. The minimum absolute atomic E-state index is 0.232. The summed E-state index contributed by atoms with van der Waals surface area (Å²) < 4.78 is 5.22. The van der Waals surface area contributed by atoms with Crippen molar-refractivity contribution in [3.8, 4) is 5.75 Å². The number of nitrogens with one attached hydrogen (secondary N) is 1. The van der Waals surface area contributed by atoms with E-state index in [0.717, 1.165) is 30.7 Å². The first-order chi connectivity index (χ1) is 10.2. The molecule has 1 atom stereocenters. The molecule has 4 heteroatoms. The Labute approximate surface area is 131 Å². The lowest BCUT2D eigenvalue weighted by atomic mass is 9.99. The standard InChI is InChI=1S/C17H21ClN2O/c1-3-9-20-17(11-14-8-10-19-12-16(14)18)13-4-6-15(21-2)7-5-13/h4-8,10,12,17,20H,3,9,11H2,1-2H3. The summed E-state index contributed by atoms with van der Waals surface area (Å²) >= 11 is 6.23. The average molecular weight is 305 g/mol. The molecule has 0 radical (unpaired) electrons. The Morgan fingerprint density at radius 3 is 2.62 bits per heavy atom. The third-order valence-corrected chi connectivity index (χ3v) is 3.78. The molecule has 1 N–H and O–H groups in total. The zero-order valence-electron chi connectivity index (χ0n) is 12.5. The average Bonchev–Trinajstić information content (AvgIpc) is 2.53. The van der Waals surface area contributed by atoms with Gasteiger partial charge in [0.1, 0.15) is 5.75 Å². The van der Waals surface area contributed by atoms with Gasteiger partial charge in [0.2, 0.25) is 0 Å². The van der Waals surface area contributed by atoms with Gasteiger partial charge in [0.05, 0.1) is 12.1 Å². The number of rotatable bonds is 7. The predicted octanol–water partition coefficient (Wildman–Crippen LogP) is 4.03. The quantitative estimate of drug-likeness (QED) is 0.838. The van der Waals surface area contributed by atoms with Crippen molar-refractivity contribution in [2.24, 2.45) is 0 Å². The summed E-state index contributed by atoms with van der Waals surface area (Å²) in [5.74, 6) is 0.870. The van der Waals surface area contributed by atoms with Crippen LogP contribution in [0, 0.1) is 0 Å². The van der Waals surface area contributed by atoms with E-state index in [9.17, 15) is 0 Å². The lowest BCUT2D eigenvalue weighted by molar-refractivity contribution is 0.414. The van der Waals surface area contributed by atoms with Gasteiger partial charge in [-0.2, -0.15) is 0 Å². The number of hydrogen-bond donors (Lipinski definition) is 1. The van der Waals surface area contributed by atoms with Gasteiger partial charge >= 0.3 is 0 Å². The van der Waals surface area contributed by atoms with Crippen LogP contribution in [0.25, 0.3) is 0 Å². The summed E-state index contributed by atoms with van der Waals surface area (Å²) in [6.07, 6.45) is 5.42. The number of pyridine rings is 1. The van der Waals surface area contributed by atoms with Gasteiger partial charge < -0.3 is 10.1 Å². The maximum atomic E-state index is 6.23. The maximum absolute atomic E-state index is 6.23. The van der Waals surface area contributed by atoms with Gasteiger partial charge in [-0.15, -0.1) is 0 Å². The number of halogens is 1. The van der Waals surface area contributed by atoms with Gasteiger partial charge in [0.25, 0.3) is 0 Å². The summed E-state index contributed by atoms with van der Waals surface area (Å²) in [7, 11) is 1.68. The van der Waals surface area contributed by atoms with E-state index in [1.54, 1.807) is 19.5 Å². The minimum atomic E-state index is 0.232. The number of benzene rings is 1. The molecule has 1 heterocycles. The Kier molecular flexibility index (Phi) is 6.03. The molecule has 0 aliphatic heterocycles. The second-order valence-electron chi connectivity index (χ2n) is 4.95. The molecule has 0 fully saturated rings. The second kappa shape index (κ2) is 8.01. The molecule has 0 aliphatic carbocycles. The van der Waals surface area contributed by atoms with E-state index in [0.29, 0.717) is 5.02 Å². The number of methoxy groups -OCH3 is 1. The molecule has 2 rings (SSSR count). The van der Waals surface area contributed by atoms with Crippen molar-refractivity contribution in [2.45, 2.75) is 25.8 Å². The number of hydrogen-bond acceptors (Lipinski definition) is 3. The summed E-state index contributed by atoms with van der Waals surface area (Å²) in [6.45, 7) is 3.14. The van der Waals surface area contributed by atoms with Crippen LogP contribution in [0.2, 0.25) is 5.02 Å². The number of nitrogens with zero attached hydrogens (tertiary/aromatic N) is 1. The van der Waals surface area contributed by atoms with Crippen LogP contribution >= 0.6 is 11.6 Å². The highest BCUT2D eigenvalue weighted by molar-refractivity contribution is 6.31. The summed E-state index contributed by atoms with van der Waals surface area (Å²) in [5, 5.41) is 4.30. The summed E-state index contributed by atoms with van der Waals surface area (Å²) in [6, 6.07) is 10.4. The van der Waals surface area contributed by atoms with Gasteiger partial charge in [0, 0.05) is 18.4 Å². The third kappa shape index (κ3) is 4.45. The van der Waals surface area contributed by atoms with Crippen LogP contribution in [-0.4, -0.2) is 18.6 Å². The van der Waals surface area contributed by atoms with Crippen molar-refractivity contribution < 1.29 is 4.74 Å². The van der Waals surface area contributed by atoms with Crippen LogP contribution in [0.1, 0.15) is 30.5 Å². The monoisotopic (exact) mass is 304 g/mol. The largest absolute Gasteiger partial charge is 0.497 e. The molecule has 1 unspecified atom stereocenters. The lowest BCUT2D eigenvalue weighted by Gasteiger charge is -2.20. The van der Waals surface area contributed by atoms with Crippen molar-refractivity contribution in [3.05, 3.63) is 58.9 Å². The van der Waals surface area contributed by atoms with Gasteiger partial charge in [-0.1, -0.05) is 30.7 Å². The molecular weight excluding hydrogens is 284 g/mol. The predicted molar refractivity (Wildman–Crippen MR) is 87.0 cm³/mol. The highest BCUT2D eigenvalue weighted by Crippen LogP contribution is 2.24. The van der Waals surface area contributed by atoms with Crippen molar-refractivity contribution in [1.29, 1.82) is 0 Å². The van der Waals surface area contributed by atoms with Crippen LogP contribution in [0.4, 0.5) is 0 Å². The topological polar surface area (TPSA) is 34.2 Å². The van der Waals surface area contributed by atoms with Crippen LogP contribution in [0.3, 0.4) is 0 Å². The fraction of sp³-hybridized carbons (Fsp3) is 0.353. The van der Waals surface area contributed by atoms with Crippen LogP contribution in [0.5, 0.6) is 5.75 Å². The third-order valence-electron chi connectivity index (χ3n) is 3.44. The van der Waals surface area contributed by atoms with E-state index in [4.69, 9.17) is 16.3 Å². The van der Waals surface area contributed by atoms with E-state index in [2.05, 4.69) is 29.4 Å². The highest BCUT2D eigenvalue weighted by Gasteiger charge is 2.13. The molecular formula is C17H21ClN2O. The Balaban J connectivity index is 2.18. The lowest BCUT2D eigenvalue weighted by Crippen LogP contribution is -2.24. The van der Waals surface area contributed by atoms with Gasteiger partial charge in [-0.25, -0.2) is 0 Å². The van der Waals surface area contributed by atoms with E-state index in [1.165, 1.54) is 5.56 Å². The van der Waals surface area contributed by atoms with Crippen LogP contribution < -0.4 is 10.1 Å². The van der Waals surface area contributed by atoms with Crippen molar-refractivity contribution in [1.82, 2.24) is 10.3 Å². The van der Waals surface area contributed by atoms with E-state index < -0.39 is 0 Å². The molecule has 0 aliphatic rings. The second-order valence-corrected chi connectivity index (χ2v) is 5.36. The smallest absolute Gasteiger partial charge is 0.118 e. The maximum Gasteiger partial charge on any atom is 0.118 e. The fourth-order valence-corrected chi connectivity index (χ4v) is 2.45. The number of ether oxygens (including phenoxy) is 1. The minimum Gasteiger partial charge on any atom is -0.497 e. The normalized spacial score (nSPS) is 12.1. The first-order valence-electron chi connectivity index (χ1n) is 7.20. The molecule has 0 bridgehead atoms. The van der Waals surface area contributed by atoms with Crippen molar-refractivity contribution in [2.75, 3.05) is 13.7 Å². The Bertz CT molecular complexity index is 557. The van der Waals surface area contributed by atoms with E-state index >= 15 is 0 Å². The molecule has 1 aromatic heterocycles. The van der Waals surface area contributed by atoms with E-state index in [-0.39, 0.29) is 6.04 Å². The number of aromatic nitrogens is 1. The Morgan fingerprint density at radius 1 is 1.24 bits per heavy atom. The molecule has 0 spiro atoms. The molecule has 0 saturated heterocycles. The zero-order chi connectivity index (χ0) is 15.1. The molecule has 0 amide bonds. The summed E-state index contributed by atoms with van der Waals surface area (Å²) in [4.78, 5) is 4.04. The van der Waals surface area contributed by atoms with Gasteiger partial charge in [0.15, 0.2) is 0 Å². The van der Waals surface area contributed by atoms with Gasteiger partial charge in [-0.3, -0.25) is 4.98 Å².